The van der Waals surface area contributed by atoms with Gasteiger partial charge in [-0.3, -0.25) is 4.79 Å². The Morgan fingerprint density at radius 3 is 2.12 bits per heavy atom. The molecule has 0 atom stereocenters. The standard InChI is InChI=1S/C21H17ClN2O/c1-15(19-9-5-6-10-20(19)22)23-24-21(25)18-13-11-17(12-14-18)16-7-3-2-4-8-16/h2-14H,1H3,(H,24,25). The third-order valence-corrected chi connectivity index (χ3v) is 4.17. The highest BCUT2D eigenvalue weighted by atomic mass is 35.5. The molecule has 0 heterocycles. The molecule has 0 spiro atoms. The van der Waals surface area contributed by atoms with Gasteiger partial charge >= 0.3 is 0 Å². The number of benzene rings is 3. The zero-order chi connectivity index (χ0) is 17.6. The van der Waals surface area contributed by atoms with E-state index in [9.17, 15) is 4.79 Å². The number of amides is 1. The maximum atomic E-state index is 12.3. The van der Waals surface area contributed by atoms with Gasteiger partial charge in [-0.1, -0.05) is 72.3 Å². The van der Waals surface area contributed by atoms with Crippen molar-refractivity contribution < 1.29 is 4.79 Å². The van der Waals surface area contributed by atoms with Gasteiger partial charge in [0, 0.05) is 16.1 Å². The molecule has 3 nitrogen and oxygen atoms in total. The van der Waals surface area contributed by atoms with Crippen molar-refractivity contribution in [2.24, 2.45) is 5.10 Å². The minimum Gasteiger partial charge on any atom is -0.267 e. The summed E-state index contributed by atoms with van der Waals surface area (Å²) in [4.78, 5) is 12.3. The molecule has 1 amide bonds. The molecule has 0 saturated heterocycles. The van der Waals surface area contributed by atoms with E-state index in [1.165, 1.54) is 0 Å². The van der Waals surface area contributed by atoms with Gasteiger partial charge in [0.1, 0.15) is 0 Å². The molecule has 0 saturated carbocycles. The topological polar surface area (TPSA) is 41.5 Å². The third-order valence-electron chi connectivity index (χ3n) is 3.84. The zero-order valence-corrected chi connectivity index (χ0v) is 14.5. The second-order valence-corrected chi connectivity index (χ2v) is 5.97. The molecule has 3 aromatic rings. The Balaban J connectivity index is 1.71. The highest BCUT2D eigenvalue weighted by Gasteiger charge is 2.07. The molecule has 0 bridgehead atoms. The van der Waals surface area contributed by atoms with Crippen LogP contribution in [-0.2, 0) is 0 Å². The summed E-state index contributed by atoms with van der Waals surface area (Å²) in [6, 6.07) is 24.8. The Morgan fingerprint density at radius 2 is 1.44 bits per heavy atom. The number of rotatable bonds is 4. The predicted molar refractivity (Wildman–Crippen MR) is 103 cm³/mol. The van der Waals surface area contributed by atoms with Gasteiger partial charge in [-0.25, -0.2) is 5.43 Å². The van der Waals surface area contributed by atoms with E-state index in [-0.39, 0.29) is 5.91 Å². The van der Waals surface area contributed by atoms with Gasteiger partial charge in [-0.05, 0) is 36.2 Å². The summed E-state index contributed by atoms with van der Waals surface area (Å²) >= 11 is 6.13. The lowest BCUT2D eigenvalue weighted by Gasteiger charge is -2.06. The molecule has 25 heavy (non-hydrogen) atoms. The van der Waals surface area contributed by atoms with E-state index in [0.29, 0.717) is 16.3 Å². The Morgan fingerprint density at radius 1 is 0.840 bits per heavy atom. The van der Waals surface area contributed by atoms with Crippen molar-refractivity contribution >= 4 is 23.2 Å². The van der Waals surface area contributed by atoms with Gasteiger partial charge in [-0.2, -0.15) is 5.10 Å². The van der Waals surface area contributed by atoms with E-state index >= 15 is 0 Å². The summed E-state index contributed by atoms with van der Waals surface area (Å²) in [6.45, 7) is 1.81. The Labute approximate surface area is 152 Å². The molecular weight excluding hydrogens is 332 g/mol. The van der Waals surface area contributed by atoms with Crippen molar-refractivity contribution in [2.75, 3.05) is 0 Å². The minimum atomic E-state index is -0.258. The number of hydrogen-bond acceptors (Lipinski definition) is 2. The molecule has 0 fully saturated rings. The summed E-state index contributed by atoms with van der Waals surface area (Å²) in [5.41, 5.74) is 6.75. The molecule has 3 rings (SSSR count). The Kier molecular flexibility index (Phi) is 5.26. The van der Waals surface area contributed by atoms with Gasteiger partial charge in [0.2, 0.25) is 0 Å². The van der Waals surface area contributed by atoms with Crippen LogP contribution in [0.4, 0.5) is 0 Å². The lowest BCUT2D eigenvalue weighted by Crippen LogP contribution is -2.19. The van der Waals surface area contributed by atoms with Crippen molar-refractivity contribution in [3.8, 4) is 11.1 Å². The second kappa shape index (κ2) is 7.77. The Hall–Kier alpha value is -2.91. The van der Waals surface area contributed by atoms with Crippen LogP contribution in [0.25, 0.3) is 11.1 Å². The van der Waals surface area contributed by atoms with E-state index < -0.39 is 0 Å². The van der Waals surface area contributed by atoms with E-state index in [1.807, 2.05) is 60.7 Å². The molecular formula is C21H17ClN2O. The van der Waals surface area contributed by atoms with Crippen molar-refractivity contribution in [3.05, 3.63) is 95.0 Å². The van der Waals surface area contributed by atoms with E-state index in [4.69, 9.17) is 11.6 Å². The number of carbonyl (C=O) groups is 1. The number of hydrazone groups is 1. The SMILES string of the molecule is CC(=NNC(=O)c1ccc(-c2ccccc2)cc1)c1ccccc1Cl. The highest BCUT2D eigenvalue weighted by molar-refractivity contribution is 6.34. The fourth-order valence-corrected chi connectivity index (χ4v) is 2.73. The summed E-state index contributed by atoms with van der Waals surface area (Å²) < 4.78 is 0. The molecule has 0 aliphatic carbocycles. The van der Waals surface area contributed by atoms with Crippen molar-refractivity contribution in [1.29, 1.82) is 0 Å². The van der Waals surface area contributed by atoms with Gasteiger partial charge in [0.15, 0.2) is 0 Å². The number of carbonyl (C=O) groups excluding carboxylic acids is 1. The first-order valence-corrected chi connectivity index (χ1v) is 8.28. The number of hydrogen-bond donors (Lipinski definition) is 1. The van der Waals surface area contributed by atoms with E-state index in [2.05, 4.69) is 10.5 Å². The number of halogens is 1. The van der Waals surface area contributed by atoms with Crippen LogP contribution in [-0.4, -0.2) is 11.6 Å². The highest BCUT2D eigenvalue weighted by Crippen LogP contribution is 2.19. The first-order valence-electron chi connectivity index (χ1n) is 7.90. The summed E-state index contributed by atoms with van der Waals surface area (Å²) in [7, 11) is 0. The molecule has 0 aliphatic heterocycles. The van der Waals surface area contributed by atoms with E-state index in [0.717, 1.165) is 16.7 Å². The van der Waals surface area contributed by atoms with Crippen LogP contribution in [0.15, 0.2) is 84.0 Å². The summed E-state index contributed by atoms with van der Waals surface area (Å²) in [5.74, 6) is -0.258. The van der Waals surface area contributed by atoms with Crippen LogP contribution in [0.2, 0.25) is 5.02 Å². The quantitative estimate of drug-likeness (QED) is 0.513. The molecule has 3 aromatic carbocycles. The minimum absolute atomic E-state index is 0.258. The molecule has 4 heteroatoms. The molecule has 0 aliphatic rings. The molecule has 0 radical (unpaired) electrons. The van der Waals surface area contributed by atoms with Crippen molar-refractivity contribution in [1.82, 2.24) is 5.43 Å². The predicted octanol–water partition coefficient (Wildman–Crippen LogP) is 5.16. The smallest absolute Gasteiger partial charge is 0.267 e. The van der Waals surface area contributed by atoms with E-state index in [1.54, 1.807) is 25.1 Å². The normalized spacial score (nSPS) is 11.2. The van der Waals surface area contributed by atoms with Crippen LogP contribution in [0.1, 0.15) is 22.8 Å². The lowest BCUT2D eigenvalue weighted by molar-refractivity contribution is 0.0955. The average molecular weight is 349 g/mol. The lowest BCUT2D eigenvalue weighted by atomic mass is 10.0. The molecule has 1 N–H and O–H groups in total. The largest absolute Gasteiger partial charge is 0.271 e. The first-order chi connectivity index (χ1) is 12.1. The molecule has 0 unspecified atom stereocenters. The number of nitrogens with zero attached hydrogens (tertiary/aromatic N) is 1. The van der Waals surface area contributed by atoms with Crippen LogP contribution in [0.3, 0.4) is 0 Å². The van der Waals surface area contributed by atoms with Crippen LogP contribution in [0, 0.1) is 0 Å². The summed E-state index contributed by atoms with van der Waals surface area (Å²) in [5, 5.41) is 4.75. The van der Waals surface area contributed by atoms with Crippen LogP contribution in [0.5, 0.6) is 0 Å². The Bertz CT molecular complexity index is 903. The number of nitrogens with one attached hydrogen (secondary N) is 1. The van der Waals surface area contributed by atoms with Gasteiger partial charge in [-0.15, -0.1) is 0 Å². The fourth-order valence-electron chi connectivity index (χ4n) is 2.46. The van der Waals surface area contributed by atoms with Gasteiger partial charge in [0.25, 0.3) is 5.91 Å². The van der Waals surface area contributed by atoms with Crippen molar-refractivity contribution in [2.45, 2.75) is 6.92 Å². The molecule has 124 valence electrons. The molecule has 0 aromatic heterocycles. The average Bonchev–Trinajstić information content (AvgIpc) is 2.67. The fraction of sp³-hybridized carbons (Fsp3) is 0.0476. The second-order valence-electron chi connectivity index (χ2n) is 5.56. The van der Waals surface area contributed by atoms with Gasteiger partial charge < -0.3 is 0 Å². The monoisotopic (exact) mass is 348 g/mol. The maximum absolute atomic E-state index is 12.3. The van der Waals surface area contributed by atoms with Gasteiger partial charge in [0.05, 0.1) is 5.71 Å². The van der Waals surface area contributed by atoms with Crippen LogP contribution >= 0.6 is 11.6 Å². The van der Waals surface area contributed by atoms with Crippen molar-refractivity contribution in [3.63, 3.8) is 0 Å². The zero-order valence-electron chi connectivity index (χ0n) is 13.7. The third kappa shape index (κ3) is 4.14. The maximum Gasteiger partial charge on any atom is 0.271 e. The van der Waals surface area contributed by atoms with Crippen LogP contribution < -0.4 is 5.43 Å². The first kappa shape index (κ1) is 16.9. The summed E-state index contributed by atoms with van der Waals surface area (Å²) in [6.07, 6.45) is 0.